The van der Waals surface area contributed by atoms with Crippen molar-refractivity contribution in [1.82, 2.24) is 4.57 Å². The molecule has 98 valence electrons. The molecule has 1 saturated carbocycles. The second-order valence-corrected chi connectivity index (χ2v) is 5.06. The number of rotatable bonds is 4. The Morgan fingerprint density at radius 1 is 1.26 bits per heavy atom. The van der Waals surface area contributed by atoms with Gasteiger partial charge in [0.15, 0.2) is 5.75 Å². The maximum Gasteiger partial charge on any atom is 0.223 e. The molecule has 1 heterocycles. The number of aromatic nitrogens is 1. The highest BCUT2D eigenvalue weighted by Gasteiger charge is 2.24. The zero-order valence-corrected chi connectivity index (χ0v) is 11.0. The molecule has 2 aromatic rings. The minimum atomic E-state index is -0.0367. The molecule has 3 nitrogen and oxygen atoms in total. The molecule has 0 spiro atoms. The van der Waals surface area contributed by atoms with Gasteiger partial charge in [-0.25, -0.2) is 0 Å². The lowest BCUT2D eigenvalue weighted by Gasteiger charge is -2.12. The molecular weight excluding hydrogens is 238 g/mol. The lowest BCUT2D eigenvalue weighted by atomic mass is 10.2. The van der Waals surface area contributed by atoms with Gasteiger partial charge < -0.3 is 9.30 Å². The monoisotopic (exact) mass is 255 g/mol. The fraction of sp³-hybridized carbons (Fsp3) is 0.312. The third-order valence-electron chi connectivity index (χ3n) is 3.42. The Bertz CT molecular complexity index is 627. The summed E-state index contributed by atoms with van der Waals surface area (Å²) in [7, 11) is 0. The highest BCUT2D eigenvalue weighted by molar-refractivity contribution is 5.23. The van der Waals surface area contributed by atoms with E-state index in [0.29, 0.717) is 18.4 Å². The van der Waals surface area contributed by atoms with Gasteiger partial charge in [0.25, 0.3) is 0 Å². The fourth-order valence-electron chi connectivity index (χ4n) is 2.22. The fourth-order valence-corrected chi connectivity index (χ4v) is 2.22. The molecule has 3 heteroatoms. The van der Waals surface area contributed by atoms with Gasteiger partial charge in [0.2, 0.25) is 5.43 Å². The minimum Gasteiger partial charge on any atom is -0.483 e. The molecule has 1 fully saturated rings. The van der Waals surface area contributed by atoms with Crippen LogP contribution in [0.15, 0.2) is 47.4 Å². The van der Waals surface area contributed by atoms with Crippen molar-refractivity contribution in [3.05, 3.63) is 64.1 Å². The molecule has 1 aromatic heterocycles. The quantitative estimate of drug-likeness (QED) is 0.840. The second kappa shape index (κ2) is 4.92. The average molecular weight is 255 g/mol. The number of hydrogen-bond donors (Lipinski definition) is 0. The van der Waals surface area contributed by atoms with Crippen molar-refractivity contribution < 1.29 is 4.74 Å². The Hall–Kier alpha value is -2.03. The molecule has 0 saturated heterocycles. The van der Waals surface area contributed by atoms with Crippen LogP contribution < -0.4 is 10.2 Å². The largest absolute Gasteiger partial charge is 0.483 e. The van der Waals surface area contributed by atoms with Crippen LogP contribution in [0.3, 0.4) is 0 Å². The molecule has 1 aliphatic rings. The Morgan fingerprint density at radius 2 is 2.00 bits per heavy atom. The van der Waals surface area contributed by atoms with Crippen LogP contribution in [0.2, 0.25) is 0 Å². The lowest BCUT2D eigenvalue weighted by molar-refractivity contribution is 0.299. The second-order valence-electron chi connectivity index (χ2n) is 5.06. The van der Waals surface area contributed by atoms with Crippen molar-refractivity contribution >= 4 is 0 Å². The molecule has 0 unspecified atom stereocenters. The Kier molecular flexibility index (Phi) is 3.11. The summed E-state index contributed by atoms with van der Waals surface area (Å²) in [6.07, 6.45) is 4.25. The molecule has 0 bridgehead atoms. The first-order chi connectivity index (χ1) is 9.24. The maximum absolute atomic E-state index is 11.9. The smallest absolute Gasteiger partial charge is 0.223 e. The Labute approximate surface area is 112 Å². The van der Waals surface area contributed by atoms with Crippen molar-refractivity contribution in [2.24, 2.45) is 0 Å². The Morgan fingerprint density at radius 3 is 2.68 bits per heavy atom. The first-order valence-electron chi connectivity index (χ1n) is 6.63. The summed E-state index contributed by atoms with van der Waals surface area (Å²) in [4.78, 5) is 11.9. The van der Waals surface area contributed by atoms with Crippen LogP contribution in [0.1, 0.15) is 30.1 Å². The third kappa shape index (κ3) is 2.70. The number of pyridine rings is 1. The van der Waals surface area contributed by atoms with E-state index in [1.54, 1.807) is 6.07 Å². The first kappa shape index (κ1) is 12.0. The van der Waals surface area contributed by atoms with E-state index in [0.717, 1.165) is 11.3 Å². The van der Waals surface area contributed by atoms with Gasteiger partial charge in [0, 0.05) is 17.8 Å². The predicted molar refractivity (Wildman–Crippen MR) is 74.5 cm³/mol. The van der Waals surface area contributed by atoms with Crippen LogP contribution in [0.4, 0.5) is 0 Å². The molecule has 19 heavy (non-hydrogen) atoms. The molecule has 1 aromatic carbocycles. The lowest BCUT2D eigenvalue weighted by Crippen LogP contribution is -2.13. The van der Waals surface area contributed by atoms with Crippen molar-refractivity contribution in [3.8, 4) is 5.75 Å². The van der Waals surface area contributed by atoms with Gasteiger partial charge in [0.05, 0.1) is 6.20 Å². The summed E-state index contributed by atoms with van der Waals surface area (Å²) in [5, 5.41) is 0. The molecule has 1 aliphatic carbocycles. The van der Waals surface area contributed by atoms with Crippen molar-refractivity contribution in [2.75, 3.05) is 0 Å². The van der Waals surface area contributed by atoms with Gasteiger partial charge in [-0.1, -0.05) is 30.3 Å². The van der Waals surface area contributed by atoms with Crippen molar-refractivity contribution in [2.45, 2.75) is 32.4 Å². The van der Waals surface area contributed by atoms with Gasteiger partial charge in [-0.15, -0.1) is 0 Å². The predicted octanol–water partition coefficient (Wildman–Crippen LogP) is 3.07. The van der Waals surface area contributed by atoms with E-state index in [1.807, 2.05) is 43.5 Å². The van der Waals surface area contributed by atoms with Gasteiger partial charge in [-0.3, -0.25) is 4.79 Å². The Balaban J connectivity index is 1.80. The molecular formula is C16H17NO2. The van der Waals surface area contributed by atoms with Gasteiger partial charge in [-0.05, 0) is 25.3 Å². The first-order valence-corrected chi connectivity index (χ1v) is 6.63. The van der Waals surface area contributed by atoms with Crippen LogP contribution in [-0.4, -0.2) is 4.57 Å². The van der Waals surface area contributed by atoms with E-state index < -0.39 is 0 Å². The van der Waals surface area contributed by atoms with Gasteiger partial charge >= 0.3 is 0 Å². The van der Waals surface area contributed by atoms with Crippen LogP contribution in [0.25, 0.3) is 0 Å². The zero-order valence-electron chi connectivity index (χ0n) is 11.0. The van der Waals surface area contributed by atoms with Crippen LogP contribution in [0.5, 0.6) is 5.75 Å². The molecule has 0 amide bonds. The van der Waals surface area contributed by atoms with E-state index in [2.05, 4.69) is 4.57 Å². The molecule has 0 atom stereocenters. The molecule has 0 aliphatic heterocycles. The van der Waals surface area contributed by atoms with E-state index in [-0.39, 0.29) is 5.43 Å². The summed E-state index contributed by atoms with van der Waals surface area (Å²) in [5.41, 5.74) is 2.05. The SMILES string of the molecule is Cc1cc(=O)c(OCc2ccccc2)cn1C1CC1. The van der Waals surface area contributed by atoms with Crippen molar-refractivity contribution in [1.29, 1.82) is 0 Å². The zero-order chi connectivity index (χ0) is 13.2. The molecule has 3 rings (SSSR count). The number of aryl methyl sites for hydroxylation is 1. The van der Waals surface area contributed by atoms with Gasteiger partial charge in [-0.2, -0.15) is 0 Å². The topological polar surface area (TPSA) is 31.2 Å². The summed E-state index contributed by atoms with van der Waals surface area (Å²) >= 11 is 0. The molecule has 0 radical (unpaired) electrons. The van der Waals surface area contributed by atoms with E-state index >= 15 is 0 Å². The highest BCUT2D eigenvalue weighted by Crippen LogP contribution is 2.36. The summed E-state index contributed by atoms with van der Waals surface area (Å²) in [5.74, 6) is 0.446. The molecule has 0 N–H and O–H groups in total. The van der Waals surface area contributed by atoms with Crippen LogP contribution in [-0.2, 0) is 6.61 Å². The van der Waals surface area contributed by atoms with Crippen LogP contribution >= 0.6 is 0 Å². The normalized spacial score (nSPS) is 14.4. The minimum absolute atomic E-state index is 0.0367. The summed E-state index contributed by atoms with van der Waals surface area (Å²) < 4.78 is 7.82. The third-order valence-corrected chi connectivity index (χ3v) is 3.42. The highest BCUT2D eigenvalue weighted by atomic mass is 16.5. The van der Waals surface area contributed by atoms with E-state index in [4.69, 9.17) is 4.74 Å². The number of nitrogens with zero attached hydrogens (tertiary/aromatic N) is 1. The maximum atomic E-state index is 11.9. The van der Waals surface area contributed by atoms with Crippen molar-refractivity contribution in [3.63, 3.8) is 0 Å². The van der Waals surface area contributed by atoms with Gasteiger partial charge in [0.1, 0.15) is 6.61 Å². The van der Waals surface area contributed by atoms with E-state index in [9.17, 15) is 4.79 Å². The summed E-state index contributed by atoms with van der Waals surface area (Å²) in [6.45, 7) is 2.41. The van der Waals surface area contributed by atoms with E-state index in [1.165, 1.54) is 12.8 Å². The number of ether oxygens (including phenoxy) is 1. The average Bonchev–Trinajstić information content (AvgIpc) is 3.23. The standard InChI is InChI=1S/C16H17NO2/c1-12-9-15(18)16(10-17(12)14-7-8-14)19-11-13-5-3-2-4-6-13/h2-6,9-10,14H,7-8,11H2,1H3. The summed E-state index contributed by atoms with van der Waals surface area (Å²) in [6, 6.07) is 12.1. The number of benzene rings is 1. The van der Waals surface area contributed by atoms with Crippen LogP contribution in [0, 0.1) is 6.92 Å². The number of hydrogen-bond acceptors (Lipinski definition) is 2.